The Morgan fingerprint density at radius 3 is 2.86 bits per heavy atom. The molecule has 2 fully saturated rings. The molecule has 1 saturated carbocycles. The van der Waals surface area contributed by atoms with E-state index in [4.69, 9.17) is 9.15 Å². The van der Waals surface area contributed by atoms with E-state index in [-0.39, 0.29) is 18.4 Å². The predicted octanol–water partition coefficient (Wildman–Crippen LogP) is 2.19. The quantitative estimate of drug-likeness (QED) is 0.496. The van der Waals surface area contributed by atoms with Gasteiger partial charge >= 0.3 is 6.03 Å². The summed E-state index contributed by atoms with van der Waals surface area (Å²) in [6.07, 6.45) is 6.49. The molecule has 4 amide bonds. The highest BCUT2D eigenvalue weighted by molar-refractivity contribution is 6.09. The second-order valence-electron chi connectivity index (χ2n) is 7.59. The Hall–Kier alpha value is -2.35. The Balaban J connectivity index is 1.36. The molecule has 0 radical (unpaired) electrons. The lowest BCUT2D eigenvalue weighted by Crippen LogP contribution is -2.50. The number of amides is 4. The van der Waals surface area contributed by atoms with Gasteiger partial charge in [0.2, 0.25) is 5.91 Å². The van der Waals surface area contributed by atoms with Crippen molar-refractivity contribution in [1.82, 2.24) is 15.5 Å². The van der Waals surface area contributed by atoms with E-state index in [0.717, 1.165) is 29.9 Å². The third-order valence-corrected chi connectivity index (χ3v) is 5.70. The number of imide groups is 1. The second-order valence-corrected chi connectivity index (χ2v) is 7.59. The number of nitrogens with zero attached hydrogens (tertiary/aromatic N) is 1. The molecule has 2 heterocycles. The highest BCUT2D eigenvalue weighted by Gasteiger charge is 2.52. The summed E-state index contributed by atoms with van der Waals surface area (Å²) in [5.41, 5.74) is -0.803. The fourth-order valence-electron chi connectivity index (χ4n) is 3.91. The van der Waals surface area contributed by atoms with Gasteiger partial charge in [0.1, 0.15) is 24.5 Å². The summed E-state index contributed by atoms with van der Waals surface area (Å²) < 4.78 is 10.6. The lowest BCUT2D eigenvalue weighted by atomic mass is 9.75. The smallest absolute Gasteiger partial charge is 0.325 e. The molecular weight excluding hydrogens is 362 g/mol. The van der Waals surface area contributed by atoms with Crippen LogP contribution in [0.1, 0.15) is 51.2 Å². The molecule has 8 nitrogen and oxygen atoms in total. The molecule has 1 saturated heterocycles. The number of rotatable bonds is 9. The molecule has 154 valence electrons. The van der Waals surface area contributed by atoms with Crippen molar-refractivity contribution in [3.63, 3.8) is 0 Å². The molecule has 0 unspecified atom stereocenters. The largest absolute Gasteiger partial charge is 0.467 e. The molecule has 2 aliphatic rings. The van der Waals surface area contributed by atoms with E-state index >= 15 is 0 Å². The number of furan rings is 1. The number of ether oxygens (including phenoxy) is 1. The van der Waals surface area contributed by atoms with Crippen molar-refractivity contribution in [2.24, 2.45) is 5.92 Å². The van der Waals surface area contributed by atoms with Gasteiger partial charge in [-0.25, -0.2) is 4.79 Å². The lowest BCUT2D eigenvalue weighted by molar-refractivity contribution is -0.136. The number of hydrogen-bond donors (Lipinski definition) is 2. The van der Waals surface area contributed by atoms with Crippen LogP contribution in [0.4, 0.5) is 4.79 Å². The van der Waals surface area contributed by atoms with Gasteiger partial charge in [0.25, 0.3) is 5.91 Å². The van der Waals surface area contributed by atoms with Crippen LogP contribution in [0.25, 0.3) is 0 Å². The van der Waals surface area contributed by atoms with E-state index in [2.05, 4.69) is 17.6 Å². The Bertz CT molecular complexity index is 680. The summed E-state index contributed by atoms with van der Waals surface area (Å²) in [7, 11) is 0. The molecular formula is C20H29N3O5. The summed E-state index contributed by atoms with van der Waals surface area (Å²) in [6, 6.07) is 3.17. The number of nitrogens with one attached hydrogen (secondary N) is 2. The van der Waals surface area contributed by atoms with E-state index < -0.39 is 11.6 Å². The molecule has 1 aliphatic heterocycles. The normalized spacial score (nSPS) is 24.6. The second kappa shape index (κ2) is 9.23. The minimum Gasteiger partial charge on any atom is -0.467 e. The minimum atomic E-state index is -0.803. The fourth-order valence-corrected chi connectivity index (χ4v) is 3.91. The van der Waals surface area contributed by atoms with Crippen molar-refractivity contribution < 1.29 is 23.5 Å². The zero-order valence-electron chi connectivity index (χ0n) is 16.4. The van der Waals surface area contributed by atoms with Crippen LogP contribution in [0.15, 0.2) is 22.8 Å². The average Bonchev–Trinajstić information content (AvgIpc) is 3.28. The van der Waals surface area contributed by atoms with E-state index in [9.17, 15) is 14.4 Å². The Kier molecular flexibility index (Phi) is 6.72. The van der Waals surface area contributed by atoms with E-state index in [1.54, 1.807) is 12.3 Å². The van der Waals surface area contributed by atoms with Gasteiger partial charge in [-0.15, -0.1) is 0 Å². The van der Waals surface area contributed by atoms with E-state index in [0.29, 0.717) is 44.9 Å². The van der Waals surface area contributed by atoms with Crippen LogP contribution in [0, 0.1) is 5.92 Å². The molecule has 2 N–H and O–H groups in total. The monoisotopic (exact) mass is 391 g/mol. The molecule has 1 aromatic rings. The number of carbonyl (C=O) groups excluding carboxylic acids is 3. The van der Waals surface area contributed by atoms with Crippen LogP contribution >= 0.6 is 0 Å². The van der Waals surface area contributed by atoms with Gasteiger partial charge in [-0.05, 0) is 50.2 Å². The summed E-state index contributed by atoms with van der Waals surface area (Å²) in [4.78, 5) is 38.2. The van der Waals surface area contributed by atoms with Crippen molar-refractivity contribution in [2.75, 3.05) is 19.7 Å². The third kappa shape index (κ3) is 4.73. The van der Waals surface area contributed by atoms with E-state index in [1.165, 1.54) is 0 Å². The van der Waals surface area contributed by atoms with Crippen LogP contribution in [-0.4, -0.2) is 48.0 Å². The zero-order chi connectivity index (χ0) is 20.0. The van der Waals surface area contributed by atoms with Gasteiger partial charge < -0.3 is 19.8 Å². The topological polar surface area (TPSA) is 101 Å². The lowest BCUT2D eigenvalue weighted by Gasteiger charge is -2.34. The Labute approximate surface area is 165 Å². The van der Waals surface area contributed by atoms with E-state index in [1.807, 2.05) is 6.07 Å². The number of hydrogen-bond acceptors (Lipinski definition) is 5. The maximum atomic E-state index is 12.8. The van der Waals surface area contributed by atoms with Crippen LogP contribution in [0.3, 0.4) is 0 Å². The van der Waals surface area contributed by atoms with Crippen molar-refractivity contribution in [2.45, 2.75) is 57.6 Å². The fraction of sp³-hybridized carbons (Fsp3) is 0.650. The number of urea groups is 1. The average molecular weight is 391 g/mol. The van der Waals surface area contributed by atoms with Crippen LogP contribution in [-0.2, 0) is 20.9 Å². The highest BCUT2D eigenvalue weighted by Crippen LogP contribution is 2.37. The van der Waals surface area contributed by atoms with Crippen LogP contribution in [0.2, 0.25) is 0 Å². The predicted molar refractivity (Wildman–Crippen MR) is 101 cm³/mol. The molecule has 1 aromatic heterocycles. The minimum absolute atomic E-state index is 0.239. The van der Waals surface area contributed by atoms with Gasteiger partial charge in [0, 0.05) is 13.2 Å². The molecule has 28 heavy (non-hydrogen) atoms. The van der Waals surface area contributed by atoms with Crippen molar-refractivity contribution in [3.05, 3.63) is 24.2 Å². The molecule has 0 bridgehead atoms. The molecule has 0 atom stereocenters. The molecule has 1 aliphatic carbocycles. The number of carbonyl (C=O) groups is 3. The zero-order valence-corrected chi connectivity index (χ0v) is 16.4. The SMILES string of the molecule is CCC1CCC2(CC1)NC(=O)N(CC(=O)NCCCOCc1ccco1)C2=O. The summed E-state index contributed by atoms with van der Waals surface area (Å²) in [5.74, 6) is 0.769. The third-order valence-electron chi connectivity index (χ3n) is 5.70. The van der Waals surface area contributed by atoms with Crippen molar-refractivity contribution in [3.8, 4) is 0 Å². The molecule has 8 heteroatoms. The van der Waals surface area contributed by atoms with Crippen LogP contribution in [0.5, 0.6) is 0 Å². The van der Waals surface area contributed by atoms with Crippen LogP contribution < -0.4 is 10.6 Å². The first kappa shape index (κ1) is 20.4. The summed E-state index contributed by atoms with van der Waals surface area (Å²) >= 11 is 0. The van der Waals surface area contributed by atoms with Crippen molar-refractivity contribution >= 4 is 17.8 Å². The first-order chi connectivity index (χ1) is 13.5. The van der Waals surface area contributed by atoms with Gasteiger partial charge in [0.15, 0.2) is 0 Å². The molecule has 0 aromatic carbocycles. The standard InChI is InChI=1S/C20H29N3O5/c1-2-15-6-8-20(9-7-15)18(25)23(19(26)22-20)13-17(24)21-10-4-11-27-14-16-5-3-12-28-16/h3,5,12,15H,2,4,6-11,13-14H2,1H3,(H,21,24)(H,22,26). The summed E-state index contributed by atoms with van der Waals surface area (Å²) in [6.45, 7) is 3.20. The van der Waals surface area contributed by atoms with Gasteiger partial charge in [-0.3, -0.25) is 14.5 Å². The van der Waals surface area contributed by atoms with Gasteiger partial charge in [-0.1, -0.05) is 13.3 Å². The highest BCUT2D eigenvalue weighted by atomic mass is 16.5. The Morgan fingerprint density at radius 2 is 2.18 bits per heavy atom. The maximum Gasteiger partial charge on any atom is 0.325 e. The molecule has 1 spiro atoms. The summed E-state index contributed by atoms with van der Waals surface area (Å²) in [5, 5.41) is 5.58. The first-order valence-electron chi connectivity index (χ1n) is 10.0. The Morgan fingerprint density at radius 1 is 1.39 bits per heavy atom. The molecule has 3 rings (SSSR count). The van der Waals surface area contributed by atoms with Gasteiger partial charge in [0.05, 0.1) is 6.26 Å². The maximum absolute atomic E-state index is 12.8. The van der Waals surface area contributed by atoms with Gasteiger partial charge in [-0.2, -0.15) is 0 Å². The first-order valence-corrected chi connectivity index (χ1v) is 10.0. The van der Waals surface area contributed by atoms with Crippen molar-refractivity contribution in [1.29, 1.82) is 0 Å².